The molecule has 0 aliphatic carbocycles. The fraction of sp³-hybridized carbons (Fsp3) is 1.00. The topological polar surface area (TPSA) is 58.9 Å². The molecular formula is C5H11O4PS. The summed E-state index contributed by atoms with van der Waals surface area (Å²) >= 11 is 4.59. The highest BCUT2D eigenvalue weighted by Crippen LogP contribution is 2.49. The molecule has 0 unspecified atom stereocenters. The van der Waals surface area contributed by atoms with Gasteiger partial charge in [-0.15, -0.1) is 0 Å². The third-order valence-electron chi connectivity index (χ3n) is 1.53. The lowest BCUT2D eigenvalue weighted by molar-refractivity contribution is -0.0102. The fourth-order valence-corrected chi connectivity index (χ4v) is 1.99. The van der Waals surface area contributed by atoms with Crippen LogP contribution in [0.5, 0.6) is 0 Å². The van der Waals surface area contributed by atoms with E-state index in [1.807, 2.05) is 6.92 Å². The van der Waals surface area contributed by atoms with Crippen LogP contribution in [0.3, 0.4) is 0 Å². The van der Waals surface area contributed by atoms with Crippen LogP contribution >= 0.6 is 6.72 Å². The first-order valence-electron chi connectivity index (χ1n) is 3.20. The van der Waals surface area contributed by atoms with E-state index in [0.717, 1.165) is 0 Å². The summed E-state index contributed by atoms with van der Waals surface area (Å²) in [6, 6.07) is 0. The molecule has 1 rings (SSSR count). The maximum absolute atomic E-state index is 9.10. The van der Waals surface area contributed by atoms with E-state index in [1.165, 1.54) is 0 Å². The molecule has 1 aliphatic rings. The Labute approximate surface area is 70.4 Å². The van der Waals surface area contributed by atoms with Crippen molar-refractivity contribution >= 4 is 18.5 Å². The van der Waals surface area contributed by atoms with Crippen molar-refractivity contribution in [2.45, 2.75) is 6.92 Å². The van der Waals surface area contributed by atoms with E-state index in [0.29, 0.717) is 0 Å². The molecule has 66 valence electrons. The highest BCUT2D eigenvalue weighted by molar-refractivity contribution is 8.07. The quantitative estimate of drug-likeness (QED) is 0.591. The van der Waals surface area contributed by atoms with Crippen molar-refractivity contribution in [3.63, 3.8) is 0 Å². The minimum atomic E-state index is -2.96. The first-order valence-corrected chi connectivity index (χ1v) is 5.79. The highest BCUT2D eigenvalue weighted by atomic mass is 32.5. The monoisotopic (exact) mass is 198 g/mol. The third kappa shape index (κ3) is 2.47. The molecule has 0 saturated carbocycles. The summed E-state index contributed by atoms with van der Waals surface area (Å²) in [5.74, 6) is 0. The SMILES string of the molecule is CC1(CO)COP(O)(=S)OC1. The fourth-order valence-electron chi connectivity index (χ4n) is 0.645. The van der Waals surface area contributed by atoms with E-state index in [4.69, 9.17) is 19.0 Å². The Balaban J connectivity index is 2.54. The van der Waals surface area contributed by atoms with Gasteiger partial charge < -0.3 is 19.0 Å². The molecule has 0 bridgehead atoms. The van der Waals surface area contributed by atoms with E-state index in [2.05, 4.69) is 11.8 Å². The van der Waals surface area contributed by atoms with Crippen molar-refractivity contribution in [3.8, 4) is 0 Å². The van der Waals surface area contributed by atoms with Gasteiger partial charge in [0.1, 0.15) is 0 Å². The van der Waals surface area contributed by atoms with E-state index in [9.17, 15) is 0 Å². The first-order chi connectivity index (χ1) is 4.97. The lowest BCUT2D eigenvalue weighted by Crippen LogP contribution is -2.35. The van der Waals surface area contributed by atoms with Crippen LogP contribution in [0.25, 0.3) is 0 Å². The molecule has 1 saturated heterocycles. The molecule has 1 fully saturated rings. The zero-order valence-electron chi connectivity index (χ0n) is 6.19. The van der Waals surface area contributed by atoms with Crippen LogP contribution in [-0.4, -0.2) is 29.8 Å². The minimum absolute atomic E-state index is 0.0255. The Morgan fingerprint density at radius 3 is 2.36 bits per heavy atom. The van der Waals surface area contributed by atoms with Gasteiger partial charge in [-0.1, -0.05) is 6.92 Å². The maximum atomic E-state index is 9.10. The average molecular weight is 198 g/mol. The zero-order valence-corrected chi connectivity index (χ0v) is 7.90. The summed E-state index contributed by atoms with van der Waals surface area (Å²) in [6.07, 6.45) is 0. The van der Waals surface area contributed by atoms with Crippen molar-refractivity contribution in [2.75, 3.05) is 19.8 Å². The lowest BCUT2D eigenvalue weighted by atomic mass is 9.95. The summed E-state index contributed by atoms with van der Waals surface area (Å²) in [6.45, 7) is -0.654. The van der Waals surface area contributed by atoms with Crippen LogP contribution in [0.1, 0.15) is 6.92 Å². The molecule has 0 aromatic heterocycles. The number of aliphatic hydroxyl groups excluding tert-OH is 1. The number of aliphatic hydroxyl groups is 1. The lowest BCUT2D eigenvalue weighted by Gasteiger charge is -2.34. The maximum Gasteiger partial charge on any atom is 0.324 e. The van der Waals surface area contributed by atoms with Crippen molar-refractivity contribution < 1.29 is 19.0 Å². The number of hydrogen-bond donors (Lipinski definition) is 2. The van der Waals surface area contributed by atoms with E-state index >= 15 is 0 Å². The van der Waals surface area contributed by atoms with Crippen molar-refractivity contribution in [1.82, 2.24) is 0 Å². The molecule has 1 heterocycles. The smallest absolute Gasteiger partial charge is 0.324 e. The Morgan fingerprint density at radius 1 is 1.55 bits per heavy atom. The van der Waals surface area contributed by atoms with E-state index in [1.54, 1.807) is 0 Å². The summed E-state index contributed by atoms with van der Waals surface area (Å²) in [4.78, 5) is 9.10. The van der Waals surface area contributed by atoms with Gasteiger partial charge in [-0.2, -0.15) is 0 Å². The van der Waals surface area contributed by atoms with Gasteiger partial charge in [0, 0.05) is 5.41 Å². The van der Waals surface area contributed by atoms with Crippen molar-refractivity contribution in [1.29, 1.82) is 0 Å². The molecule has 0 spiro atoms. The predicted octanol–water partition coefficient (Wildman–Crippen LogP) is 0.249. The van der Waals surface area contributed by atoms with Crippen LogP contribution in [0, 0.1) is 5.41 Å². The molecule has 1 aliphatic heterocycles. The zero-order chi connectivity index (χ0) is 8.54. The number of rotatable bonds is 1. The minimum Gasteiger partial charge on any atom is -0.396 e. The van der Waals surface area contributed by atoms with Gasteiger partial charge in [0.25, 0.3) is 0 Å². The Morgan fingerprint density at radius 2 is 2.00 bits per heavy atom. The van der Waals surface area contributed by atoms with Gasteiger partial charge in [-0.3, -0.25) is 0 Å². The predicted molar refractivity (Wildman–Crippen MR) is 43.6 cm³/mol. The second-order valence-electron chi connectivity index (χ2n) is 2.98. The average Bonchev–Trinajstić information content (AvgIpc) is 1.97. The molecule has 0 atom stereocenters. The second kappa shape index (κ2) is 3.09. The summed E-state index contributed by atoms with van der Waals surface area (Å²) in [5, 5.41) is 8.86. The molecule has 4 nitrogen and oxygen atoms in total. The Hall–Kier alpha value is 0.490. The summed E-state index contributed by atoms with van der Waals surface area (Å²) < 4.78 is 9.74. The van der Waals surface area contributed by atoms with E-state index in [-0.39, 0.29) is 19.8 Å². The van der Waals surface area contributed by atoms with Crippen molar-refractivity contribution in [2.24, 2.45) is 5.41 Å². The molecule has 0 aromatic carbocycles. The van der Waals surface area contributed by atoms with Gasteiger partial charge in [0.2, 0.25) is 0 Å². The molecule has 6 heteroatoms. The normalized spacial score (nSPS) is 45.7. The standard InChI is InChI=1S/C5H11O4PS/c1-5(2-6)3-8-10(7,11)9-4-5/h6H,2-4H2,1H3,(H,7,11). The van der Waals surface area contributed by atoms with Crippen molar-refractivity contribution in [3.05, 3.63) is 0 Å². The number of hydrogen-bond acceptors (Lipinski definition) is 4. The van der Waals surface area contributed by atoms with Gasteiger partial charge in [-0.25, -0.2) is 0 Å². The van der Waals surface area contributed by atoms with Gasteiger partial charge in [0.15, 0.2) is 0 Å². The van der Waals surface area contributed by atoms with Gasteiger partial charge in [0.05, 0.1) is 19.8 Å². The van der Waals surface area contributed by atoms with Gasteiger partial charge in [-0.05, 0) is 11.8 Å². The molecule has 0 amide bonds. The van der Waals surface area contributed by atoms with Crippen LogP contribution < -0.4 is 0 Å². The molecular weight excluding hydrogens is 187 g/mol. The Bertz CT molecular complexity index is 183. The largest absolute Gasteiger partial charge is 0.396 e. The Kier molecular flexibility index (Phi) is 2.69. The first kappa shape index (κ1) is 9.58. The summed E-state index contributed by atoms with van der Waals surface area (Å²) in [5.41, 5.74) is -0.412. The van der Waals surface area contributed by atoms with Crippen LogP contribution in [0.2, 0.25) is 0 Å². The molecule has 0 radical (unpaired) electrons. The van der Waals surface area contributed by atoms with Crippen LogP contribution in [-0.2, 0) is 20.9 Å². The molecule has 11 heavy (non-hydrogen) atoms. The molecule has 0 aromatic rings. The van der Waals surface area contributed by atoms with E-state index < -0.39 is 12.1 Å². The summed E-state index contributed by atoms with van der Waals surface area (Å²) in [7, 11) is 0. The van der Waals surface area contributed by atoms with Gasteiger partial charge >= 0.3 is 6.72 Å². The second-order valence-corrected chi connectivity index (χ2v) is 5.82. The third-order valence-corrected chi connectivity index (χ3v) is 3.08. The van der Waals surface area contributed by atoms with Crippen LogP contribution in [0.4, 0.5) is 0 Å². The highest BCUT2D eigenvalue weighted by Gasteiger charge is 2.34. The van der Waals surface area contributed by atoms with Crippen LogP contribution in [0.15, 0.2) is 0 Å². The molecule has 2 N–H and O–H groups in total.